The van der Waals surface area contributed by atoms with E-state index in [1.165, 1.54) is 0 Å². The van der Waals surface area contributed by atoms with Crippen LogP contribution in [0.1, 0.15) is 31.4 Å². The van der Waals surface area contributed by atoms with Gasteiger partial charge in [0.25, 0.3) is 5.56 Å². The molecule has 188 valence electrons. The van der Waals surface area contributed by atoms with E-state index in [-0.39, 0.29) is 17.0 Å². The van der Waals surface area contributed by atoms with E-state index in [0.29, 0.717) is 12.8 Å². The maximum Gasteiger partial charge on any atom is 0.260 e. The van der Waals surface area contributed by atoms with Crippen molar-refractivity contribution in [3.05, 3.63) is 28.2 Å². The van der Waals surface area contributed by atoms with Gasteiger partial charge in [-0.1, -0.05) is 17.4 Å². The van der Waals surface area contributed by atoms with Crippen LogP contribution >= 0.6 is 0 Å². The van der Waals surface area contributed by atoms with E-state index in [0.717, 1.165) is 27.4 Å². The Kier molecular flexibility index (Phi) is 7.01. The highest BCUT2D eigenvalue weighted by Crippen LogP contribution is 2.51. The molecule has 9 nitrogen and oxygen atoms in total. The van der Waals surface area contributed by atoms with Gasteiger partial charge in [-0.3, -0.25) is 9.36 Å². The number of sulfonamides is 1. The number of nitrogens with one attached hydrogen (secondary N) is 1. The monoisotopic (exact) mass is 531 g/mol. The molecule has 18 heteroatoms. The number of hydrogen-bond donors (Lipinski definition) is 2. The zero-order chi connectivity index (χ0) is 28.6. The third-order valence-electron chi connectivity index (χ3n) is 7.56. The van der Waals surface area contributed by atoms with Crippen LogP contribution in [0.3, 0.4) is 0 Å². The summed E-state index contributed by atoms with van der Waals surface area (Å²) in [5.41, 5.74) is -4.19. The fraction of sp³-hybridized carbons (Fsp3) is 0.650. The van der Waals surface area contributed by atoms with Gasteiger partial charge in [-0.05, 0) is 24.3 Å². The minimum absolute atomic E-state index is 0.0529. The number of alkyl halides is 2. The Morgan fingerprint density at radius 3 is 2.21 bits per heavy atom. The Labute approximate surface area is 227 Å². The molecule has 1 aliphatic carbocycles. The Bertz CT molecular complexity index is 1420. The number of aliphatic hydroxyl groups excluding tert-OH is 1. The number of rotatable bonds is 5. The maximum absolute atomic E-state index is 14.2. The summed E-state index contributed by atoms with van der Waals surface area (Å²) in [5, 5.41) is 8.92. The lowest BCUT2D eigenvalue weighted by Crippen LogP contribution is -2.69. The third kappa shape index (κ3) is 4.74. The predicted molar refractivity (Wildman–Crippen MR) is 144 cm³/mol. The second kappa shape index (κ2) is 9.12. The average molecular weight is 530 g/mol. The quantitative estimate of drug-likeness (QED) is 0.467. The molecule has 0 unspecified atom stereocenters. The standard InChI is InChI=1S/C20H21B6F2N5O4S/c1-9-12(3-4-13(9)34)33-14-10(5-11(15(33)35)19(25,27)28)6-29-16(30-14)31-20(26)17(21,22)7-32(38(2,36)37)8-18(20,23)24/h5-6,9,12-13,34H,3-4,7-8H2,1-2H3,(H,29,30,31)/t9-,12+,13+/m0/s1. The van der Waals surface area contributed by atoms with E-state index in [1.54, 1.807) is 6.92 Å². The summed E-state index contributed by atoms with van der Waals surface area (Å²) in [7, 11) is 32.6. The number of aliphatic hydroxyl groups is 1. The molecule has 2 aromatic heterocycles. The van der Waals surface area contributed by atoms with Crippen molar-refractivity contribution in [2.45, 2.75) is 53.6 Å². The summed E-state index contributed by atoms with van der Waals surface area (Å²) >= 11 is 0. The second-order valence-corrected chi connectivity index (χ2v) is 12.4. The number of fused-ring (bicyclic) bond motifs is 1. The van der Waals surface area contributed by atoms with Crippen LogP contribution in [0.15, 0.2) is 17.1 Å². The molecule has 12 radical (unpaired) electrons. The molecule has 4 rings (SSSR count). The number of hydrogen-bond acceptors (Lipinski definition) is 7. The van der Waals surface area contributed by atoms with Crippen LogP contribution in [-0.2, 0) is 15.8 Å². The molecule has 1 saturated carbocycles. The first-order valence-corrected chi connectivity index (χ1v) is 13.5. The lowest BCUT2D eigenvalue weighted by molar-refractivity contribution is 0.0913. The van der Waals surface area contributed by atoms with Crippen LogP contribution in [0.25, 0.3) is 11.0 Å². The third-order valence-corrected chi connectivity index (χ3v) is 8.75. The summed E-state index contributed by atoms with van der Waals surface area (Å²) < 4.78 is 54.5. The van der Waals surface area contributed by atoms with Gasteiger partial charge in [-0.2, -0.15) is 4.98 Å². The fourth-order valence-corrected chi connectivity index (χ4v) is 6.08. The topological polar surface area (TPSA) is 117 Å². The smallest absolute Gasteiger partial charge is 0.260 e. The number of piperidine rings is 1. The molecule has 3 atom stereocenters. The molecule has 0 bridgehead atoms. The van der Waals surface area contributed by atoms with E-state index in [4.69, 9.17) is 47.1 Å². The van der Waals surface area contributed by atoms with E-state index in [2.05, 4.69) is 15.3 Å². The number of halogens is 2. The van der Waals surface area contributed by atoms with Crippen LogP contribution < -0.4 is 10.9 Å². The average Bonchev–Trinajstić information content (AvgIpc) is 3.08. The summed E-state index contributed by atoms with van der Waals surface area (Å²) in [6.45, 7) is 0.763. The van der Waals surface area contributed by atoms with Crippen molar-refractivity contribution in [2.24, 2.45) is 5.92 Å². The van der Waals surface area contributed by atoms with E-state index < -0.39 is 74.0 Å². The van der Waals surface area contributed by atoms with Crippen LogP contribution in [0.2, 0.25) is 10.4 Å². The molecule has 38 heavy (non-hydrogen) atoms. The summed E-state index contributed by atoms with van der Waals surface area (Å²) in [4.78, 5) is 21.7. The van der Waals surface area contributed by atoms with Crippen LogP contribution in [0.4, 0.5) is 14.7 Å². The van der Waals surface area contributed by atoms with Crippen LogP contribution in [-0.4, -0.2) is 110 Å². The van der Waals surface area contributed by atoms with Crippen LogP contribution in [0, 0.1) is 5.92 Å². The van der Waals surface area contributed by atoms with Crippen molar-refractivity contribution < 1.29 is 22.3 Å². The zero-order valence-electron chi connectivity index (χ0n) is 20.8. The van der Waals surface area contributed by atoms with Gasteiger partial charge in [0, 0.05) is 36.6 Å². The molecule has 2 N–H and O–H groups in total. The molecule has 0 aromatic carbocycles. The lowest BCUT2D eigenvalue weighted by atomic mass is 9.25. The highest BCUT2D eigenvalue weighted by molar-refractivity contribution is 7.88. The number of anilines is 1. The fourth-order valence-electron chi connectivity index (χ4n) is 5.18. The summed E-state index contributed by atoms with van der Waals surface area (Å²) in [6.07, 6.45) is 1.98. The van der Waals surface area contributed by atoms with Gasteiger partial charge in [-0.15, -0.1) is 0 Å². The van der Waals surface area contributed by atoms with Crippen molar-refractivity contribution >= 4 is 74.1 Å². The van der Waals surface area contributed by atoms with Crippen molar-refractivity contribution in [1.29, 1.82) is 0 Å². The van der Waals surface area contributed by atoms with Crippen LogP contribution in [0.5, 0.6) is 0 Å². The number of nitrogens with zero attached hydrogens (tertiary/aromatic N) is 4. The molecular weight excluding hydrogens is 509 g/mol. The molecule has 1 aliphatic heterocycles. The second-order valence-electron chi connectivity index (χ2n) is 10.4. The molecule has 3 heterocycles. The van der Waals surface area contributed by atoms with Crippen molar-refractivity contribution in [1.82, 2.24) is 18.8 Å². The van der Waals surface area contributed by atoms with Crippen molar-refractivity contribution in [3.63, 3.8) is 0 Å². The molecule has 2 aliphatic rings. The number of aromatic nitrogens is 3. The first-order valence-electron chi connectivity index (χ1n) is 11.6. The first-order chi connectivity index (χ1) is 17.2. The Hall–Kier alpha value is -1.79. The van der Waals surface area contributed by atoms with E-state index in [1.807, 2.05) is 0 Å². The van der Waals surface area contributed by atoms with E-state index in [9.17, 15) is 27.1 Å². The van der Waals surface area contributed by atoms with Gasteiger partial charge in [0.1, 0.15) is 13.5 Å². The largest absolute Gasteiger partial charge is 0.393 e. The SMILES string of the molecule is [B]C(F)(F)c1cc2cnc(NC3([B])C([B])([B])CN(S(C)(=O)=O)CC3([B])[B])nc2n([C@@H]2CC[C@@H](O)[C@H]2C)c1=O. The molecule has 0 amide bonds. The Morgan fingerprint density at radius 1 is 1.16 bits per heavy atom. The number of pyridine rings is 1. The predicted octanol–water partition coefficient (Wildman–Crippen LogP) is -1.20. The highest BCUT2D eigenvalue weighted by atomic mass is 32.2. The lowest BCUT2D eigenvalue weighted by Gasteiger charge is -2.62. The van der Waals surface area contributed by atoms with Gasteiger partial charge in [0.15, 0.2) is 7.85 Å². The zero-order valence-corrected chi connectivity index (χ0v) is 21.6. The normalized spacial score (nSPS) is 27.3. The highest BCUT2D eigenvalue weighted by Gasteiger charge is 2.55. The molecular formula is C20H21B6F2N5O4S. The minimum Gasteiger partial charge on any atom is -0.393 e. The van der Waals surface area contributed by atoms with E-state index >= 15 is 0 Å². The van der Waals surface area contributed by atoms with Gasteiger partial charge in [-0.25, -0.2) is 26.5 Å². The maximum atomic E-state index is 14.2. The van der Waals surface area contributed by atoms with Gasteiger partial charge in [0.05, 0.1) is 49.3 Å². The summed E-state index contributed by atoms with van der Waals surface area (Å²) in [5.74, 6) is -4.68. The summed E-state index contributed by atoms with van der Waals surface area (Å²) in [6, 6.07) is 0.212. The van der Waals surface area contributed by atoms with Gasteiger partial charge >= 0.3 is 0 Å². The molecule has 1 saturated heterocycles. The molecule has 0 spiro atoms. The van der Waals surface area contributed by atoms with Gasteiger partial charge < -0.3 is 10.4 Å². The molecule has 2 fully saturated rings. The van der Waals surface area contributed by atoms with Gasteiger partial charge in [0.2, 0.25) is 21.8 Å². The van der Waals surface area contributed by atoms with Crippen molar-refractivity contribution in [3.8, 4) is 0 Å². The first kappa shape index (κ1) is 29.2. The van der Waals surface area contributed by atoms with Crippen molar-refractivity contribution in [2.75, 3.05) is 24.7 Å². The molecule has 2 aromatic rings. The Morgan fingerprint density at radius 2 is 1.74 bits per heavy atom. The Balaban J connectivity index is 1.86. The minimum atomic E-state index is -3.95.